The molecule has 1 rings (SSSR count). The van der Waals surface area contributed by atoms with Crippen molar-refractivity contribution in [1.29, 1.82) is 0 Å². The Morgan fingerprint density at radius 1 is 1.55 bits per heavy atom. The van der Waals surface area contributed by atoms with Crippen molar-refractivity contribution in [2.45, 2.75) is 6.42 Å². The van der Waals surface area contributed by atoms with Gasteiger partial charge in [-0.3, -0.25) is 0 Å². The lowest BCUT2D eigenvalue weighted by atomic mass is 10.2. The average Bonchev–Trinajstić information content (AvgIpc) is 1.97. The van der Waals surface area contributed by atoms with E-state index >= 15 is 0 Å². The second kappa shape index (κ2) is 4.26. The van der Waals surface area contributed by atoms with Crippen molar-refractivity contribution in [3.8, 4) is 0 Å². The molecule has 0 fully saturated rings. The van der Waals surface area contributed by atoms with Gasteiger partial charge in [-0.05, 0) is 46.7 Å². The van der Waals surface area contributed by atoms with Crippen molar-refractivity contribution in [1.82, 2.24) is 0 Å². The third kappa shape index (κ3) is 2.30. The zero-order chi connectivity index (χ0) is 8.27. The summed E-state index contributed by atoms with van der Waals surface area (Å²) >= 11 is 5.83. The molecule has 0 aromatic heterocycles. The monoisotopic (exact) mass is 322 g/mol. The van der Waals surface area contributed by atoms with Crippen molar-refractivity contribution in [3.63, 3.8) is 0 Å². The highest BCUT2D eigenvalue weighted by atomic mass is 127. The van der Waals surface area contributed by atoms with E-state index in [1.807, 2.05) is 12.1 Å². The van der Waals surface area contributed by atoms with E-state index in [0.717, 1.165) is 6.42 Å². The van der Waals surface area contributed by atoms with Gasteiger partial charge >= 0.3 is 0 Å². The number of hydrogen-bond donors (Lipinski definition) is 0. The second-order valence-corrected chi connectivity index (χ2v) is 4.21. The maximum absolute atomic E-state index is 3.71. The third-order valence-corrected chi connectivity index (χ3v) is 3.16. The summed E-state index contributed by atoms with van der Waals surface area (Å²) in [6.45, 7) is 3.71. The minimum atomic E-state index is 0.930. The van der Waals surface area contributed by atoms with E-state index in [4.69, 9.17) is 0 Å². The summed E-state index contributed by atoms with van der Waals surface area (Å²) in [5.41, 5.74) is 1.32. The van der Waals surface area contributed by atoms with Gasteiger partial charge in [-0.25, -0.2) is 0 Å². The van der Waals surface area contributed by atoms with Gasteiger partial charge in [0.15, 0.2) is 0 Å². The van der Waals surface area contributed by atoms with E-state index in [1.165, 1.54) is 13.6 Å². The van der Waals surface area contributed by atoms with Crippen LogP contribution in [0.2, 0.25) is 0 Å². The fourth-order valence-electron chi connectivity index (χ4n) is 0.872. The maximum Gasteiger partial charge on any atom is 0.0221 e. The summed E-state index contributed by atoms with van der Waals surface area (Å²) in [6, 6.07) is 6.20. The predicted molar refractivity (Wildman–Crippen MR) is 60.8 cm³/mol. The summed E-state index contributed by atoms with van der Waals surface area (Å²) in [5.74, 6) is 0. The van der Waals surface area contributed by atoms with Crippen molar-refractivity contribution in [3.05, 3.63) is 44.5 Å². The first-order chi connectivity index (χ1) is 5.25. The summed E-state index contributed by atoms with van der Waals surface area (Å²) in [4.78, 5) is 0. The Morgan fingerprint density at radius 2 is 2.27 bits per heavy atom. The summed E-state index contributed by atoms with van der Waals surface area (Å²) in [5, 5.41) is 0. The average molecular weight is 323 g/mol. The lowest BCUT2D eigenvalue weighted by Gasteiger charge is -2.02. The van der Waals surface area contributed by atoms with Gasteiger partial charge in [0.2, 0.25) is 0 Å². The van der Waals surface area contributed by atoms with E-state index < -0.39 is 0 Å². The number of benzene rings is 1. The van der Waals surface area contributed by atoms with Crippen LogP contribution in [0.4, 0.5) is 0 Å². The molecule has 11 heavy (non-hydrogen) atoms. The minimum absolute atomic E-state index is 0.930. The Bertz CT molecular complexity index is 248. The first kappa shape index (κ1) is 9.26. The first-order valence-corrected chi connectivity index (χ1v) is 5.16. The predicted octanol–water partition coefficient (Wildman–Crippen LogP) is 3.78. The van der Waals surface area contributed by atoms with E-state index in [0.29, 0.717) is 0 Å². The van der Waals surface area contributed by atoms with Gasteiger partial charge in [0.05, 0.1) is 0 Å². The molecule has 0 aliphatic rings. The largest absolute Gasteiger partial charge is 0.103 e. The van der Waals surface area contributed by atoms with Gasteiger partial charge in [-0.2, -0.15) is 0 Å². The molecule has 1 aromatic carbocycles. The fraction of sp³-hybridized carbons (Fsp3) is 0.111. The Morgan fingerprint density at radius 3 is 2.82 bits per heavy atom. The van der Waals surface area contributed by atoms with Crippen LogP contribution < -0.4 is 0 Å². The highest BCUT2D eigenvalue weighted by Gasteiger charge is 2.00. The van der Waals surface area contributed by atoms with Crippen molar-refractivity contribution in [2.75, 3.05) is 0 Å². The van der Waals surface area contributed by atoms with Crippen LogP contribution in [0, 0.1) is 3.57 Å². The SMILES string of the molecule is C=CCc1c(Br)cccc1I. The molecule has 0 heterocycles. The topological polar surface area (TPSA) is 0 Å². The molecule has 0 saturated heterocycles. The number of halogens is 2. The molecule has 0 nitrogen and oxygen atoms in total. The van der Waals surface area contributed by atoms with Crippen LogP contribution in [0.15, 0.2) is 35.3 Å². The van der Waals surface area contributed by atoms with Crippen molar-refractivity contribution < 1.29 is 0 Å². The quantitative estimate of drug-likeness (QED) is 0.574. The smallest absolute Gasteiger partial charge is 0.0221 e. The van der Waals surface area contributed by atoms with Crippen LogP contribution in [0.3, 0.4) is 0 Å². The normalized spacial score (nSPS) is 9.64. The van der Waals surface area contributed by atoms with Crippen LogP contribution in [0.25, 0.3) is 0 Å². The molecule has 0 bridgehead atoms. The Balaban J connectivity index is 3.09. The van der Waals surface area contributed by atoms with E-state index in [1.54, 1.807) is 0 Å². The van der Waals surface area contributed by atoms with Gasteiger partial charge in [-0.15, -0.1) is 6.58 Å². The Hall–Kier alpha value is 0.170. The van der Waals surface area contributed by atoms with Crippen LogP contribution in [0.1, 0.15) is 5.56 Å². The van der Waals surface area contributed by atoms with E-state index in [2.05, 4.69) is 57.2 Å². The zero-order valence-electron chi connectivity index (χ0n) is 5.98. The number of rotatable bonds is 2. The minimum Gasteiger partial charge on any atom is -0.103 e. The molecule has 0 spiro atoms. The summed E-state index contributed by atoms with van der Waals surface area (Å²) in [6.07, 6.45) is 2.85. The van der Waals surface area contributed by atoms with Crippen LogP contribution in [-0.2, 0) is 6.42 Å². The molecule has 0 N–H and O–H groups in total. The molecule has 0 unspecified atom stereocenters. The number of hydrogen-bond acceptors (Lipinski definition) is 0. The summed E-state index contributed by atoms with van der Waals surface area (Å²) in [7, 11) is 0. The van der Waals surface area contributed by atoms with Crippen LogP contribution in [-0.4, -0.2) is 0 Å². The number of allylic oxidation sites excluding steroid dienone is 1. The van der Waals surface area contributed by atoms with E-state index in [-0.39, 0.29) is 0 Å². The first-order valence-electron chi connectivity index (χ1n) is 3.29. The van der Waals surface area contributed by atoms with Crippen LogP contribution >= 0.6 is 38.5 Å². The molecule has 0 aliphatic heterocycles. The summed E-state index contributed by atoms with van der Waals surface area (Å²) < 4.78 is 2.46. The second-order valence-electron chi connectivity index (χ2n) is 2.19. The Labute approximate surface area is 89.0 Å². The van der Waals surface area contributed by atoms with Gasteiger partial charge in [0, 0.05) is 8.04 Å². The standard InChI is InChI=1S/C9H8BrI/c1-2-4-7-8(10)5-3-6-9(7)11/h2-3,5-6H,1,4H2. The highest BCUT2D eigenvalue weighted by molar-refractivity contribution is 14.1. The fourth-order valence-corrected chi connectivity index (χ4v) is 2.49. The molecule has 58 valence electrons. The molecule has 0 saturated carbocycles. The molecule has 2 heteroatoms. The molecular weight excluding hydrogens is 315 g/mol. The van der Waals surface area contributed by atoms with Gasteiger partial charge < -0.3 is 0 Å². The maximum atomic E-state index is 3.71. The van der Waals surface area contributed by atoms with E-state index in [9.17, 15) is 0 Å². The molecular formula is C9H8BrI. The van der Waals surface area contributed by atoms with Crippen molar-refractivity contribution >= 4 is 38.5 Å². The third-order valence-electron chi connectivity index (χ3n) is 1.41. The van der Waals surface area contributed by atoms with Gasteiger partial charge in [0.25, 0.3) is 0 Å². The molecule has 1 aromatic rings. The lowest BCUT2D eigenvalue weighted by Crippen LogP contribution is -1.87. The zero-order valence-corrected chi connectivity index (χ0v) is 9.72. The lowest BCUT2D eigenvalue weighted by molar-refractivity contribution is 1.23. The molecule has 0 radical (unpaired) electrons. The highest BCUT2D eigenvalue weighted by Crippen LogP contribution is 2.22. The molecule has 0 aliphatic carbocycles. The van der Waals surface area contributed by atoms with Crippen molar-refractivity contribution in [2.24, 2.45) is 0 Å². The molecule has 0 amide bonds. The van der Waals surface area contributed by atoms with Gasteiger partial charge in [-0.1, -0.05) is 28.1 Å². The Kier molecular flexibility index (Phi) is 3.59. The van der Waals surface area contributed by atoms with Gasteiger partial charge in [0.1, 0.15) is 0 Å². The molecule has 0 atom stereocenters. The van der Waals surface area contributed by atoms with Crippen LogP contribution in [0.5, 0.6) is 0 Å².